The first-order valence-electron chi connectivity index (χ1n) is 6.60. The Labute approximate surface area is 122 Å². The van der Waals surface area contributed by atoms with Gasteiger partial charge in [-0.25, -0.2) is 4.68 Å². The number of carbonyl (C=O) groups excluding carboxylic acids is 1. The summed E-state index contributed by atoms with van der Waals surface area (Å²) in [6.45, 7) is 1.83. The Bertz CT molecular complexity index is 750. The summed E-state index contributed by atoms with van der Waals surface area (Å²) in [4.78, 5) is 12.3. The molecule has 0 atom stereocenters. The average molecular weight is 278 g/mol. The molecular weight excluding hydrogens is 264 g/mol. The van der Waals surface area contributed by atoms with Crippen molar-refractivity contribution in [2.75, 3.05) is 5.32 Å². The van der Waals surface area contributed by atoms with Gasteiger partial charge in [0.2, 0.25) is 0 Å². The van der Waals surface area contributed by atoms with Gasteiger partial charge in [0, 0.05) is 5.69 Å². The maximum absolute atomic E-state index is 12.3. The number of amides is 1. The van der Waals surface area contributed by atoms with E-state index in [-0.39, 0.29) is 5.91 Å². The first-order chi connectivity index (χ1) is 10.3. The van der Waals surface area contributed by atoms with Gasteiger partial charge in [-0.2, -0.15) is 0 Å². The Kier molecular flexibility index (Phi) is 3.47. The smallest absolute Gasteiger partial charge is 0.278 e. The third kappa shape index (κ3) is 2.67. The van der Waals surface area contributed by atoms with Gasteiger partial charge in [-0.1, -0.05) is 41.6 Å². The molecule has 0 bridgehead atoms. The summed E-state index contributed by atoms with van der Waals surface area (Å²) in [5.41, 5.74) is 2.63. The van der Waals surface area contributed by atoms with E-state index in [1.54, 1.807) is 4.68 Å². The summed E-state index contributed by atoms with van der Waals surface area (Å²) in [5, 5.41) is 10.9. The minimum absolute atomic E-state index is 0.263. The van der Waals surface area contributed by atoms with Crippen LogP contribution in [0.5, 0.6) is 0 Å². The van der Waals surface area contributed by atoms with Crippen LogP contribution >= 0.6 is 0 Å². The van der Waals surface area contributed by atoms with E-state index in [0.29, 0.717) is 11.4 Å². The molecule has 3 aromatic rings. The quantitative estimate of drug-likeness (QED) is 0.801. The molecule has 1 amide bonds. The second-order valence-corrected chi connectivity index (χ2v) is 4.59. The SMILES string of the molecule is Cc1c(C(=O)Nc2ccccc2)nnn1-c1ccccc1. The Morgan fingerprint density at radius 1 is 1.00 bits per heavy atom. The van der Waals surface area contributed by atoms with Crippen molar-refractivity contribution in [1.29, 1.82) is 0 Å². The lowest BCUT2D eigenvalue weighted by molar-refractivity contribution is 0.102. The molecule has 104 valence electrons. The van der Waals surface area contributed by atoms with Crippen molar-refractivity contribution in [3.05, 3.63) is 72.1 Å². The van der Waals surface area contributed by atoms with Crippen molar-refractivity contribution in [3.8, 4) is 5.69 Å². The zero-order valence-corrected chi connectivity index (χ0v) is 11.5. The Hall–Kier alpha value is -2.95. The number of anilines is 1. The normalized spacial score (nSPS) is 10.3. The summed E-state index contributed by atoms with van der Waals surface area (Å²) in [7, 11) is 0. The topological polar surface area (TPSA) is 59.8 Å². The van der Waals surface area contributed by atoms with Gasteiger partial charge in [-0.3, -0.25) is 4.79 Å². The van der Waals surface area contributed by atoms with Gasteiger partial charge in [0.05, 0.1) is 11.4 Å². The Morgan fingerprint density at radius 3 is 2.29 bits per heavy atom. The van der Waals surface area contributed by atoms with Crippen LogP contribution in [0, 0.1) is 6.92 Å². The van der Waals surface area contributed by atoms with Gasteiger partial charge < -0.3 is 5.32 Å². The fourth-order valence-corrected chi connectivity index (χ4v) is 2.07. The maximum Gasteiger partial charge on any atom is 0.278 e. The molecule has 1 N–H and O–H groups in total. The highest BCUT2D eigenvalue weighted by atomic mass is 16.2. The second-order valence-electron chi connectivity index (χ2n) is 4.59. The van der Waals surface area contributed by atoms with E-state index in [9.17, 15) is 4.79 Å². The molecule has 2 aromatic carbocycles. The van der Waals surface area contributed by atoms with Crippen LogP contribution in [0.4, 0.5) is 5.69 Å². The number of aromatic nitrogens is 3. The third-order valence-electron chi connectivity index (χ3n) is 3.14. The summed E-state index contributed by atoms with van der Waals surface area (Å²) in [6, 6.07) is 18.9. The van der Waals surface area contributed by atoms with Crippen LogP contribution in [0.1, 0.15) is 16.2 Å². The summed E-state index contributed by atoms with van der Waals surface area (Å²) in [5.74, 6) is -0.263. The second kappa shape index (κ2) is 5.58. The molecule has 1 heterocycles. The van der Waals surface area contributed by atoms with E-state index >= 15 is 0 Å². The van der Waals surface area contributed by atoms with Gasteiger partial charge in [-0.05, 0) is 31.2 Å². The molecular formula is C16H14N4O. The van der Waals surface area contributed by atoms with Crippen LogP contribution in [0.25, 0.3) is 5.69 Å². The third-order valence-corrected chi connectivity index (χ3v) is 3.14. The molecule has 5 nitrogen and oxygen atoms in total. The fraction of sp³-hybridized carbons (Fsp3) is 0.0625. The lowest BCUT2D eigenvalue weighted by Crippen LogP contribution is -2.14. The van der Waals surface area contributed by atoms with Crippen LogP contribution in [-0.4, -0.2) is 20.9 Å². The number of para-hydroxylation sites is 2. The summed E-state index contributed by atoms with van der Waals surface area (Å²) < 4.78 is 1.65. The molecule has 5 heteroatoms. The minimum Gasteiger partial charge on any atom is -0.321 e. The van der Waals surface area contributed by atoms with Crippen LogP contribution in [0.15, 0.2) is 60.7 Å². The van der Waals surface area contributed by atoms with Crippen LogP contribution in [-0.2, 0) is 0 Å². The number of hydrogen-bond acceptors (Lipinski definition) is 3. The highest BCUT2D eigenvalue weighted by Crippen LogP contribution is 2.13. The van der Waals surface area contributed by atoms with Crippen LogP contribution < -0.4 is 5.32 Å². The molecule has 21 heavy (non-hydrogen) atoms. The molecule has 0 saturated carbocycles. The standard InChI is InChI=1S/C16H14N4O/c1-12-15(16(21)17-13-8-4-2-5-9-13)18-19-20(12)14-10-6-3-7-11-14/h2-11H,1H3,(H,17,21). The molecule has 0 radical (unpaired) electrons. The molecule has 0 aliphatic heterocycles. The minimum atomic E-state index is -0.263. The van der Waals surface area contributed by atoms with E-state index in [1.165, 1.54) is 0 Å². The molecule has 0 unspecified atom stereocenters. The number of nitrogens with one attached hydrogen (secondary N) is 1. The van der Waals surface area contributed by atoms with Crippen molar-refractivity contribution in [3.63, 3.8) is 0 Å². The zero-order chi connectivity index (χ0) is 14.7. The molecule has 0 aliphatic rings. The molecule has 0 saturated heterocycles. The molecule has 0 spiro atoms. The largest absolute Gasteiger partial charge is 0.321 e. The highest BCUT2D eigenvalue weighted by molar-refractivity contribution is 6.03. The summed E-state index contributed by atoms with van der Waals surface area (Å²) in [6.07, 6.45) is 0. The van der Waals surface area contributed by atoms with E-state index in [1.807, 2.05) is 67.6 Å². The average Bonchev–Trinajstić information content (AvgIpc) is 2.91. The van der Waals surface area contributed by atoms with Crippen molar-refractivity contribution in [1.82, 2.24) is 15.0 Å². The first kappa shape index (κ1) is 13.1. The van der Waals surface area contributed by atoms with Crippen molar-refractivity contribution < 1.29 is 4.79 Å². The van der Waals surface area contributed by atoms with E-state index < -0.39 is 0 Å². The zero-order valence-electron chi connectivity index (χ0n) is 11.5. The Morgan fingerprint density at radius 2 is 1.62 bits per heavy atom. The number of benzene rings is 2. The van der Waals surface area contributed by atoms with E-state index in [0.717, 1.165) is 11.4 Å². The van der Waals surface area contributed by atoms with Gasteiger partial charge in [0.15, 0.2) is 5.69 Å². The van der Waals surface area contributed by atoms with Crippen molar-refractivity contribution >= 4 is 11.6 Å². The van der Waals surface area contributed by atoms with E-state index in [2.05, 4.69) is 15.6 Å². The number of nitrogens with zero attached hydrogens (tertiary/aromatic N) is 3. The van der Waals surface area contributed by atoms with E-state index in [4.69, 9.17) is 0 Å². The fourth-order valence-electron chi connectivity index (χ4n) is 2.07. The predicted octanol–water partition coefficient (Wildman–Crippen LogP) is 2.83. The van der Waals surface area contributed by atoms with Crippen molar-refractivity contribution in [2.24, 2.45) is 0 Å². The monoisotopic (exact) mass is 278 g/mol. The maximum atomic E-state index is 12.3. The number of carbonyl (C=O) groups is 1. The Balaban J connectivity index is 1.87. The highest BCUT2D eigenvalue weighted by Gasteiger charge is 2.17. The molecule has 0 fully saturated rings. The van der Waals surface area contributed by atoms with Crippen molar-refractivity contribution in [2.45, 2.75) is 6.92 Å². The van der Waals surface area contributed by atoms with Gasteiger partial charge >= 0.3 is 0 Å². The van der Waals surface area contributed by atoms with Crippen LogP contribution in [0.3, 0.4) is 0 Å². The molecule has 3 rings (SSSR count). The van der Waals surface area contributed by atoms with Gasteiger partial charge in [0.25, 0.3) is 5.91 Å². The lowest BCUT2D eigenvalue weighted by atomic mass is 10.2. The van der Waals surface area contributed by atoms with Gasteiger partial charge in [0.1, 0.15) is 0 Å². The van der Waals surface area contributed by atoms with Crippen LogP contribution in [0.2, 0.25) is 0 Å². The summed E-state index contributed by atoms with van der Waals surface area (Å²) >= 11 is 0. The number of rotatable bonds is 3. The number of hydrogen-bond donors (Lipinski definition) is 1. The van der Waals surface area contributed by atoms with Gasteiger partial charge in [-0.15, -0.1) is 5.10 Å². The first-order valence-corrected chi connectivity index (χ1v) is 6.60. The molecule has 0 aliphatic carbocycles. The lowest BCUT2D eigenvalue weighted by Gasteiger charge is -2.04. The predicted molar refractivity (Wildman–Crippen MR) is 80.5 cm³/mol. The molecule has 1 aromatic heterocycles.